The number of aliphatic carboxylic acids is 1. The average molecular weight is 325 g/mol. The van der Waals surface area contributed by atoms with Crippen LogP contribution in [-0.2, 0) is 19.4 Å². The van der Waals surface area contributed by atoms with Crippen LogP contribution < -0.4 is 9.64 Å². The van der Waals surface area contributed by atoms with E-state index in [0.717, 1.165) is 12.8 Å². The molecule has 0 saturated heterocycles. The molecule has 1 amide bonds. The van der Waals surface area contributed by atoms with Crippen molar-refractivity contribution in [1.82, 2.24) is 0 Å². The van der Waals surface area contributed by atoms with E-state index in [-0.39, 0.29) is 16.7 Å². The Balaban J connectivity index is 1.98. The smallest absolute Gasteiger partial charge is 0.319 e. The Morgan fingerprint density at radius 2 is 2.05 bits per heavy atom. The molecule has 2 aliphatic rings. The summed E-state index contributed by atoms with van der Waals surface area (Å²) in [4.78, 5) is 24.4. The summed E-state index contributed by atoms with van der Waals surface area (Å²) in [6.45, 7) is 0.720. The lowest BCUT2D eigenvalue weighted by Gasteiger charge is -2.30. The first-order valence-electron chi connectivity index (χ1n) is 6.91. The first kappa shape index (κ1) is 14.8. The average Bonchev–Trinajstić information content (AvgIpc) is 3.28. The Morgan fingerprint density at radius 1 is 1.32 bits per heavy atom. The van der Waals surface area contributed by atoms with Crippen LogP contribution in [0.1, 0.15) is 12.8 Å². The maximum atomic E-state index is 12.3. The van der Waals surface area contributed by atoms with Crippen molar-refractivity contribution in [2.75, 3.05) is 23.8 Å². The first-order chi connectivity index (χ1) is 10.4. The van der Waals surface area contributed by atoms with Gasteiger partial charge in [-0.25, -0.2) is 8.42 Å². The molecule has 7 nitrogen and oxygen atoms in total. The maximum absolute atomic E-state index is 12.3. The fraction of sp³-hybridized carbons (Fsp3) is 0.429. The van der Waals surface area contributed by atoms with E-state index in [1.54, 1.807) is 0 Å². The molecule has 1 aliphatic carbocycles. The molecule has 0 radical (unpaired) electrons. The van der Waals surface area contributed by atoms with E-state index in [4.69, 9.17) is 9.84 Å². The third-order valence-corrected chi connectivity index (χ3v) is 5.26. The Hall–Kier alpha value is -2.09. The molecule has 0 unspecified atom stereocenters. The third kappa shape index (κ3) is 2.78. The van der Waals surface area contributed by atoms with Crippen LogP contribution in [0.4, 0.5) is 5.69 Å². The van der Waals surface area contributed by atoms with Crippen LogP contribution >= 0.6 is 0 Å². The van der Waals surface area contributed by atoms with E-state index in [1.807, 2.05) is 0 Å². The molecule has 0 bridgehead atoms. The largest absolute Gasteiger partial charge is 0.490 e. The minimum Gasteiger partial charge on any atom is -0.490 e. The summed E-state index contributed by atoms with van der Waals surface area (Å²) in [6, 6.07) is 4.10. The third-order valence-electron chi connectivity index (χ3n) is 3.66. The van der Waals surface area contributed by atoms with Crippen molar-refractivity contribution in [3.05, 3.63) is 18.2 Å². The number of ether oxygens (including phenoxy) is 1. The lowest BCUT2D eigenvalue weighted by molar-refractivity contribution is -0.134. The van der Waals surface area contributed by atoms with Crippen LogP contribution in [0.5, 0.6) is 5.75 Å². The van der Waals surface area contributed by atoms with Crippen molar-refractivity contribution in [1.29, 1.82) is 0 Å². The Bertz CT molecular complexity index is 738. The molecule has 1 heterocycles. The van der Waals surface area contributed by atoms with Gasteiger partial charge in [0.15, 0.2) is 15.6 Å². The van der Waals surface area contributed by atoms with Crippen molar-refractivity contribution in [2.45, 2.75) is 17.7 Å². The fourth-order valence-corrected chi connectivity index (χ4v) is 3.47. The summed E-state index contributed by atoms with van der Waals surface area (Å²) in [5.41, 5.74) is 0.398. The van der Waals surface area contributed by atoms with Crippen molar-refractivity contribution in [2.24, 2.45) is 5.92 Å². The van der Waals surface area contributed by atoms with E-state index in [0.29, 0.717) is 24.6 Å². The lowest BCUT2D eigenvalue weighted by atomic mass is 10.2. The van der Waals surface area contributed by atoms with Gasteiger partial charge in [-0.05, 0) is 31.0 Å². The Morgan fingerprint density at radius 3 is 2.68 bits per heavy atom. The predicted molar refractivity (Wildman–Crippen MR) is 76.7 cm³/mol. The molecular weight excluding hydrogens is 310 g/mol. The number of fused-ring (bicyclic) bond motifs is 1. The Labute approximate surface area is 127 Å². The Kier molecular flexibility index (Phi) is 3.56. The molecule has 3 rings (SSSR count). The molecule has 1 aromatic rings. The first-order valence-corrected chi connectivity index (χ1v) is 8.56. The number of anilines is 1. The molecule has 1 aromatic carbocycles. The van der Waals surface area contributed by atoms with Gasteiger partial charge in [-0.15, -0.1) is 0 Å². The van der Waals surface area contributed by atoms with Gasteiger partial charge in [0.25, 0.3) is 0 Å². The van der Waals surface area contributed by atoms with Crippen LogP contribution in [0, 0.1) is 5.92 Å². The summed E-state index contributed by atoms with van der Waals surface area (Å²) in [5.74, 6) is -1.99. The van der Waals surface area contributed by atoms with Crippen molar-refractivity contribution < 1.29 is 27.9 Å². The summed E-state index contributed by atoms with van der Waals surface area (Å²) in [6.07, 6.45) is 1.70. The number of carboxylic acid groups (broad SMARTS) is 1. The summed E-state index contributed by atoms with van der Waals surface area (Å²) < 4.78 is 29.5. The number of benzene rings is 1. The second-order valence-electron chi connectivity index (χ2n) is 5.39. The number of nitrogens with zero attached hydrogens (tertiary/aromatic N) is 1. The van der Waals surface area contributed by atoms with Gasteiger partial charge in [-0.2, -0.15) is 0 Å². The highest BCUT2D eigenvalue weighted by molar-refractivity contribution is 7.92. The van der Waals surface area contributed by atoms with Crippen LogP contribution in [0.3, 0.4) is 0 Å². The van der Waals surface area contributed by atoms with E-state index in [9.17, 15) is 18.0 Å². The molecule has 118 valence electrons. The zero-order valence-electron chi connectivity index (χ0n) is 11.7. The van der Waals surface area contributed by atoms with E-state index < -0.39 is 21.6 Å². The highest BCUT2D eigenvalue weighted by Gasteiger charge is 2.36. The fourth-order valence-electron chi connectivity index (χ4n) is 2.42. The summed E-state index contributed by atoms with van der Waals surface area (Å²) in [5, 5.41) is 8.70. The van der Waals surface area contributed by atoms with Crippen molar-refractivity contribution in [3.8, 4) is 5.75 Å². The topological polar surface area (TPSA) is 101 Å². The van der Waals surface area contributed by atoms with E-state index in [2.05, 4.69) is 0 Å². The second-order valence-corrected chi connectivity index (χ2v) is 7.38. The van der Waals surface area contributed by atoms with Crippen LogP contribution in [0.15, 0.2) is 23.1 Å². The normalized spacial score (nSPS) is 17.5. The second kappa shape index (κ2) is 5.28. The van der Waals surface area contributed by atoms with Gasteiger partial charge in [-0.3, -0.25) is 9.59 Å². The van der Waals surface area contributed by atoms with Crippen LogP contribution in [0.2, 0.25) is 0 Å². The van der Waals surface area contributed by atoms with Crippen LogP contribution in [0.25, 0.3) is 0 Å². The molecular formula is C14H15NO6S. The number of carbonyl (C=O) groups excluding carboxylic acids is 1. The molecule has 1 saturated carbocycles. The zero-order chi connectivity index (χ0) is 15.9. The summed E-state index contributed by atoms with van der Waals surface area (Å²) in [7, 11) is -3.94. The maximum Gasteiger partial charge on any atom is 0.319 e. The highest BCUT2D eigenvalue weighted by atomic mass is 32.2. The molecule has 8 heteroatoms. The minimum atomic E-state index is -3.94. The molecule has 0 spiro atoms. The summed E-state index contributed by atoms with van der Waals surface area (Å²) >= 11 is 0. The van der Waals surface area contributed by atoms with Gasteiger partial charge in [0.05, 0.1) is 17.1 Å². The zero-order valence-corrected chi connectivity index (χ0v) is 12.5. The number of carbonyl (C=O) groups is 2. The van der Waals surface area contributed by atoms with Gasteiger partial charge in [0, 0.05) is 5.92 Å². The van der Waals surface area contributed by atoms with Gasteiger partial charge in [-0.1, -0.05) is 0 Å². The highest BCUT2D eigenvalue weighted by Crippen LogP contribution is 2.38. The number of amides is 1. The quantitative estimate of drug-likeness (QED) is 0.873. The number of rotatable bonds is 4. The van der Waals surface area contributed by atoms with E-state index >= 15 is 0 Å². The van der Waals surface area contributed by atoms with Crippen LogP contribution in [-0.4, -0.2) is 44.3 Å². The van der Waals surface area contributed by atoms with Gasteiger partial charge in [0.1, 0.15) is 12.4 Å². The molecule has 0 atom stereocenters. The number of hydrogen-bond donors (Lipinski definition) is 1. The number of carboxylic acids is 1. The van der Waals surface area contributed by atoms with E-state index in [1.165, 1.54) is 23.1 Å². The molecule has 0 aromatic heterocycles. The molecule has 1 N–H and O–H groups in total. The van der Waals surface area contributed by atoms with Gasteiger partial charge >= 0.3 is 5.97 Å². The number of sulfone groups is 1. The van der Waals surface area contributed by atoms with Gasteiger partial charge in [0.2, 0.25) is 5.91 Å². The SMILES string of the molecule is O=C(O)CS(=O)(=O)c1ccc2c(c1)N(C(=O)C1CC1)CCO2. The lowest BCUT2D eigenvalue weighted by Crippen LogP contribution is -2.39. The van der Waals surface area contributed by atoms with Crippen molar-refractivity contribution >= 4 is 27.4 Å². The van der Waals surface area contributed by atoms with Gasteiger partial charge < -0.3 is 14.7 Å². The van der Waals surface area contributed by atoms with Crippen molar-refractivity contribution in [3.63, 3.8) is 0 Å². The molecule has 1 aliphatic heterocycles. The molecule has 22 heavy (non-hydrogen) atoms. The predicted octanol–water partition coefficient (Wildman–Crippen LogP) is 0.680. The number of hydrogen-bond acceptors (Lipinski definition) is 5. The monoisotopic (exact) mass is 325 g/mol. The molecule has 1 fully saturated rings. The standard InChI is InChI=1S/C14H15NO6S/c16-13(17)8-22(19,20)10-3-4-12-11(7-10)15(5-6-21-12)14(18)9-1-2-9/h3-4,7,9H,1-2,5-6,8H2,(H,16,17). The minimum absolute atomic E-state index is 0.00485.